The zero-order valence-corrected chi connectivity index (χ0v) is 16.0. The molecule has 0 aliphatic carbocycles. The third kappa shape index (κ3) is 4.48. The van der Waals surface area contributed by atoms with Crippen LogP contribution in [0.4, 0.5) is 5.69 Å². The summed E-state index contributed by atoms with van der Waals surface area (Å²) in [5, 5.41) is 12.2. The van der Waals surface area contributed by atoms with Gasteiger partial charge in [-0.25, -0.2) is 8.42 Å². The molecule has 0 spiro atoms. The SMILES string of the molecule is N#Cc1cccc(NC(=O)[C@@H]2CCCN(S(=O)(=O)c3ccc(Cl)cc3)C2)c1. The van der Waals surface area contributed by atoms with Gasteiger partial charge in [-0.1, -0.05) is 17.7 Å². The fourth-order valence-electron chi connectivity index (χ4n) is 3.04. The summed E-state index contributed by atoms with van der Waals surface area (Å²) < 4.78 is 27.0. The minimum absolute atomic E-state index is 0.120. The van der Waals surface area contributed by atoms with E-state index in [9.17, 15) is 13.2 Å². The number of amides is 1. The average molecular weight is 404 g/mol. The zero-order valence-electron chi connectivity index (χ0n) is 14.4. The first-order valence-electron chi connectivity index (χ1n) is 8.47. The van der Waals surface area contributed by atoms with Crippen molar-refractivity contribution in [3.63, 3.8) is 0 Å². The van der Waals surface area contributed by atoms with E-state index in [2.05, 4.69) is 5.32 Å². The lowest BCUT2D eigenvalue weighted by Gasteiger charge is -2.31. The van der Waals surface area contributed by atoms with Crippen LogP contribution in [0.15, 0.2) is 53.4 Å². The predicted molar refractivity (Wildman–Crippen MR) is 103 cm³/mol. The molecule has 1 N–H and O–H groups in total. The Balaban J connectivity index is 1.72. The summed E-state index contributed by atoms with van der Waals surface area (Å²) in [6, 6.07) is 14.6. The Hall–Kier alpha value is -2.40. The average Bonchev–Trinajstić information content (AvgIpc) is 2.68. The van der Waals surface area contributed by atoms with Crippen LogP contribution >= 0.6 is 11.6 Å². The van der Waals surface area contributed by atoms with E-state index >= 15 is 0 Å². The number of nitrogens with zero attached hydrogens (tertiary/aromatic N) is 2. The van der Waals surface area contributed by atoms with Crippen molar-refractivity contribution in [2.75, 3.05) is 18.4 Å². The van der Waals surface area contributed by atoms with E-state index < -0.39 is 15.9 Å². The monoisotopic (exact) mass is 403 g/mol. The minimum Gasteiger partial charge on any atom is -0.326 e. The molecule has 140 valence electrons. The molecule has 6 nitrogen and oxygen atoms in total. The van der Waals surface area contributed by atoms with Crippen molar-refractivity contribution in [3.8, 4) is 6.07 Å². The van der Waals surface area contributed by atoms with Crippen molar-refractivity contribution in [1.29, 1.82) is 5.26 Å². The Bertz CT molecular complexity index is 984. The number of nitrogens with one attached hydrogen (secondary N) is 1. The first-order valence-corrected chi connectivity index (χ1v) is 10.3. The number of hydrogen-bond donors (Lipinski definition) is 1. The quantitative estimate of drug-likeness (QED) is 0.848. The van der Waals surface area contributed by atoms with Crippen LogP contribution in [0, 0.1) is 17.2 Å². The second kappa shape index (κ2) is 8.09. The van der Waals surface area contributed by atoms with E-state index in [0.717, 1.165) is 0 Å². The molecule has 0 saturated carbocycles. The van der Waals surface area contributed by atoms with Gasteiger partial charge in [-0.05, 0) is 55.3 Å². The van der Waals surface area contributed by atoms with Crippen molar-refractivity contribution in [2.45, 2.75) is 17.7 Å². The fourth-order valence-corrected chi connectivity index (χ4v) is 4.69. The first-order chi connectivity index (χ1) is 12.9. The maximum Gasteiger partial charge on any atom is 0.243 e. The Labute approximate surface area is 163 Å². The maximum atomic E-state index is 12.8. The number of sulfonamides is 1. The van der Waals surface area contributed by atoms with Crippen LogP contribution in [0.5, 0.6) is 0 Å². The molecule has 0 unspecified atom stereocenters. The number of benzene rings is 2. The van der Waals surface area contributed by atoms with Gasteiger partial charge in [0, 0.05) is 23.8 Å². The molecule has 0 radical (unpaired) electrons. The standard InChI is InChI=1S/C19H18ClN3O3S/c20-16-6-8-18(9-7-16)27(25,26)23-10-2-4-15(13-23)19(24)22-17-5-1-3-14(11-17)12-21/h1,3,5-9,11,15H,2,4,10,13H2,(H,22,24)/t15-/m1/s1. The van der Waals surface area contributed by atoms with Crippen LogP contribution in [0.3, 0.4) is 0 Å². The predicted octanol–water partition coefficient (Wildman–Crippen LogP) is 3.25. The second-order valence-electron chi connectivity index (χ2n) is 6.34. The van der Waals surface area contributed by atoms with Gasteiger partial charge in [0.05, 0.1) is 22.4 Å². The summed E-state index contributed by atoms with van der Waals surface area (Å²) in [6.45, 7) is 0.493. The van der Waals surface area contributed by atoms with Crippen LogP contribution in [-0.2, 0) is 14.8 Å². The molecule has 3 rings (SSSR count). The molecule has 1 fully saturated rings. The van der Waals surface area contributed by atoms with Gasteiger partial charge in [-0.2, -0.15) is 9.57 Å². The van der Waals surface area contributed by atoms with E-state index in [1.54, 1.807) is 24.3 Å². The Kier molecular flexibility index (Phi) is 5.80. The summed E-state index contributed by atoms with van der Waals surface area (Å²) in [6.07, 6.45) is 1.21. The highest BCUT2D eigenvalue weighted by Crippen LogP contribution is 2.25. The number of piperidine rings is 1. The highest BCUT2D eigenvalue weighted by atomic mass is 35.5. The van der Waals surface area contributed by atoms with Gasteiger partial charge >= 0.3 is 0 Å². The topological polar surface area (TPSA) is 90.3 Å². The van der Waals surface area contributed by atoms with Gasteiger partial charge in [0.25, 0.3) is 0 Å². The Morgan fingerprint density at radius 2 is 1.96 bits per heavy atom. The third-order valence-electron chi connectivity index (χ3n) is 4.47. The molecule has 27 heavy (non-hydrogen) atoms. The number of anilines is 1. The van der Waals surface area contributed by atoms with Gasteiger partial charge < -0.3 is 5.32 Å². The van der Waals surface area contributed by atoms with Gasteiger partial charge in [0.15, 0.2) is 0 Å². The normalized spacial score (nSPS) is 17.9. The molecular formula is C19H18ClN3O3S. The van der Waals surface area contributed by atoms with E-state index in [0.29, 0.717) is 35.7 Å². The van der Waals surface area contributed by atoms with Crippen LogP contribution in [0.1, 0.15) is 18.4 Å². The summed E-state index contributed by atoms with van der Waals surface area (Å²) >= 11 is 5.83. The molecule has 8 heteroatoms. The molecule has 2 aromatic carbocycles. The van der Waals surface area contributed by atoms with Crippen LogP contribution in [0.25, 0.3) is 0 Å². The van der Waals surface area contributed by atoms with Crippen molar-refractivity contribution >= 4 is 33.2 Å². The van der Waals surface area contributed by atoms with Crippen LogP contribution in [0.2, 0.25) is 5.02 Å². The third-order valence-corrected chi connectivity index (χ3v) is 6.60. The number of hydrogen-bond acceptors (Lipinski definition) is 4. The molecular weight excluding hydrogens is 386 g/mol. The van der Waals surface area contributed by atoms with Crippen molar-refractivity contribution in [1.82, 2.24) is 4.31 Å². The van der Waals surface area contributed by atoms with E-state index in [1.165, 1.54) is 28.6 Å². The highest BCUT2D eigenvalue weighted by Gasteiger charge is 2.33. The molecule has 1 heterocycles. The number of halogens is 1. The molecule has 2 aromatic rings. The van der Waals surface area contributed by atoms with Crippen LogP contribution < -0.4 is 5.32 Å². The first kappa shape index (κ1) is 19.4. The Morgan fingerprint density at radius 1 is 1.22 bits per heavy atom. The zero-order chi connectivity index (χ0) is 19.4. The van der Waals surface area contributed by atoms with Crippen molar-refractivity contribution < 1.29 is 13.2 Å². The van der Waals surface area contributed by atoms with Crippen molar-refractivity contribution in [2.24, 2.45) is 5.92 Å². The maximum absolute atomic E-state index is 12.8. The van der Waals surface area contributed by atoms with Gasteiger partial charge in [-0.15, -0.1) is 0 Å². The molecule has 1 amide bonds. The van der Waals surface area contributed by atoms with Gasteiger partial charge in [0.1, 0.15) is 0 Å². The van der Waals surface area contributed by atoms with E-state index in [4.69, 9.17) is 16.9 Å². The summed E-state index contributed by atoms with van der Waals surface area (Å²) in [4.78, 5) is 12.7. The fraction of sp³-hybridized carbons (Fsp3) is 0.263. The molecule has 1 atom stereocenters. The van der Waals surface area contributed by atoms with Gasteiger partial charge in [-0.3, -0.25) is 4.79 Å². The van der Waals surface area contributed by atoms with Crippen LogP contribution in [-0.4, -0.2) is 31.7 Å². The van der Waals surface area contributed by atoms with E-state index in [-0.39, 0.29) is 17.3 Å². The summed E-state index contributed by atoms with van der Waals surface area (Å²) in [5.41, 5.74) is 0.972. The van der Waals surface area contributed by atoms with Crippen molar-refractivity contribution in [3.05, 3.63) is 59.1 Å². The molecule has 0 bridgehead atoms. The molecule has 1 aliphatic rings. The number of nitriles is 1. The lowest BCUT2D eigenvalue weighted by Crippen LogP contribution is -2.43. The summed E-state index contributed by atoms with van der Waals surface area (Å²) in [5.74, 6) is -0.701. The number of carbonyl (C=O) groups excluding carboxylic acids is 1. The second-order valence-corrected chi connectivity index (χ2v) is 8.71. The lowest BCUT2D eigenvalue weighted by molar-refractivity contribution is -0.120. The highest BCUT2D eigenvalue weighted by molar-refractivity contribution is 7.89. The minimum atomic E-state index is -3.68. The number of carbonyl (C=O) groups is 1. The number of rotatable bonds is 4. The van der Waals surface area contributed by atoms with E-state index in [1.807, 2.05) is 6.07 Å². The smallest absolute Gasteiger partial charge is 0.243 e. The summed E-state index contributed by atoms with van der Waals surface area (Å²) in [7, 11) is -3.68. The Morgan fingerprint density at radius 3 is 2.67 bits per heavy atom. The molecule has 0 aromatic heterocycles. The molecule has 1 saturated heterocycles. The molecule has 1 aliphatic heterocycles. The lowest BCUT2D eigenvalue weighted by atomic mass is 9.98. The largest absolute Gasteiger partial charge is 0.326 e. The van der Waals surface area contributed by atoms with Gasteiger partial charge in [0.2, 0.25) is 15.9 Å².